The van der Waals surface area contributed by atoms with Crippen molar-refractivity contribution in [3.05, 3.63) is 63.5 Å². The molecule has 9 heteroatoms. The van der Waals surface area contributed by atoms with Gasteiger partial charge in [-0.3, -0.25) is 9.69 Å². The summed E-state index contributed by atoms with van der Waals surface area (Å²) in [4.78, 5) is 30.2. The van der Waals surface area contributed by atoms with Gasteiger partial charge in [-0.05, 0) is 49.6 Å². The summed E-state index contributed by atoms with van der Waals surface area (Å²) in [5, 5.41) is 22.5. The fraction of sp³-hybridized carbons (Fsp3) is 0.417. The number of nitrogens with one attached hydrogen (secondary N) is 1. The molecule has 0 bridgehead atoms. The summed E-state index contributed by atoms with van der Waals surface area (Å²) in [6.45, 7) is 4.52. The fourth-order valence-electron chi connectivity index (χ4n) is 4.42. The van der Waals surface area contributed by atoms with Crippen LogP contribution in [-0.2, 0) is 11.3 Å². The Bertz CT molecular complexity index is 1150. The third-order valence-electron chi connectivity index (χ3n) is 6.38. The van der Waals surface area contributed by atoms with E-state index in [2.05, 4.69) is 10.3 Å². The normalized spacial score (nSPS) is 21.1. The standard InChI is InChI=1S/C24H25FN4O4/c1-13-16(4-5-17-18(13)12-33-24(17)32)22(30)11-29-8-7-20(19(25)10-29)28-23(31)21-6-3-15(9-26)14(2)27-21/h3-6,19-20,22,30H,7-8,10-12H2,1-2H3,(H,28,31)/t19-,20+,22+/m1/s1. The molecule has 1 fully saturated rings. The Morgan fingerprint density at radius 1 is 1.39 bits per heavy atom. The molecular weight excluding hydrogens is 427 g/mol. The number of rotatable bonds is 5. The van der Waals surface area contributed by atoms with Crippen LogP contribution < -0.4 is 5.32 Å². The Morgan fingerprint density at radius 2 is 2.18 bits per heavy atom. The zero-order valence-electron chi connectivity index (χ0n) is 18.5. The van der Waals surface area contributed by atoms with E-state index < -0.39 is 24.2 Å². The molecule has 4 rings (SSSR count). The van der Waals surface area contributed by atoms with Crippen molar-refractivity contribution in [3.63, 3.8) is 0 Å². The number of ether oxygens (including phenoxy) is 1. The predicted octanol–water partition coefficient (Wildman–Crippen LogP) is 2.12. The smallest absolute Gasteiger partial charge is 0.338 e. The number of esters is 1. The summed E-state index contributed by atoms with van der Waals surface area (Å²) >= 11 is 0. The molecule has 3 atom stereocenters. The second-order valence-corrected chi connectivity index (χ2v) is 8.48. The van der Waals surface area contributed by atoms with Crippen molar-refractivity contribution in [2.45, 2.75) is 45.2 Å². The van der Waals surface area contributed by atoms with Crippen LogP contribution in [0.3, 0.4) is 0 Å². The number of amides is 1. The van der Waals surface area contributed by atoms with E-state index >= 15 is 0 Å². The van der Waals surface area contributed by atoms with Crippen LogP contribution in [-0.4, -0.2) is 58.7 Å². The van der Waals surface area contributed by atoms with Gasteiger partial charge in [0.25, 0.3) is 5.91 Å². The van der Waals surface area contributed by atoms with Crippen LogP contribution in [0.5, 0.6) is 0 Å². The van der Waals surface area contributed by atoms with E-state index in [4.69, 9.17) is 10.00 Å². The highest BCUT2D eigenvalue weighted by molar-refractivity contribution is 5.94. The number of benzene rings is 1. The lowest BCUT2D eigenvalue weighted by molar-refractivity contribution is 0.0526. The van der Waals surface area contributed by atoms with Crippen molar-refractivity contribution < 1.29 is 23.8 Å². The number of hydrogen-bond donors (Lipinski definition) is 2. The van der Waals surface area contributed by atoms with Crippen molar-refractivity contribution >= 4 is 11.9 Å². The van der Waals surface area contributed by atoms with Crippen LogP contribution in [0.15, 0.2) is 24.3 Å². The van der Waals surface area contributed by atoms with Gasteiger partial charge >= 0.3 is 5.97 Å². The van der Waals surface area contributed by atoms with Crippen LogP contribution in [0, 0.1) is 25.2 Å². The predicted molar refractivity (Wildman–Crippen MR) is 116 cm³/mol. The SMILES string of the molecule is Cc1nc(C(=O)N[C@H]2CCN(C[C@H](O)c3ccc4c(c3C)COC4=O)C[C@H]2F)ccc1C#N. The number of aromatic nitrogens is 1. The topological polar surface area (TPSA) is 116 Å². The number of piperidine rings is 1. The van der Waals surface area contributed by atoms with E-state index in [1.807, 2.05) is 17.9 Å². The number of aryl methyl sites for hydroxylation is 1. The summed E-state index contributed by atoms with van der Waals surface area (Å²) in [6.07, 6.45) is -1.75. The minimum atomic E-state index is -1.30. The number of hydrogen-bond acceptors (Lipinski definition) is 7. The Labute approximate surface area is 191 Å². The largest absolute Gasteiger partial charge is 0.457 e. The number of nitrogens with zero attached hydrogens (tertiary/aromatic N) is 3. The van der Waals surface area contributed by atoms with Crippen LogP contribution in [0.2, 0.25) is 0 Å². The van der Waals surface area contributed by atoms with Gasteiger partial charge in [0, 0.05) is 25.2 Å². The van der Waals surface area contributed by atoms with Gasteiger partial charge in [-0.2, -0.15) is 5.26 Å². The zero-order chi connectivity index (χ0) is 23.7. The number of halogens is 1. The first-order chi connectivity index (χ1) is 15.8. The summed E-state index contributed by atoms with van der Waals surface area (Å²) < 4.78 is 19.9. The molecule has 3 heterocycles. The van der Waals surface area contributed by atoms with Crippen molar-refractivity contribution in [3.8, 4) is 6.07 Å². The minimum Gasteiger partial charge on any atom is -0.457 e. The molecule has 2 aromatic rings. The van der Waals surface area contributed by atoms with Crippen molar-refractivity contribution in [1.82, 2.24) is 15.2 Å². The molecule has 2 aliphatic heterocycles. The van der Waals surface area contributed by atoms with Gasteiger partial charge in [0.1, 0.15) is 24.5 Å². The first kappa shape index (κ1) is 22.8. The van der Waals surface area contributed by atoms with E-state index in [0.717, 1.165) is 11.1 Å². The maximum absolute atomic E-state index is 14.9. The first-order valence-corrected chi connectivity index (χ1v) is 10.8. The van der Waals surface area contributed by atoms with Crippen molar-refractivity contribution in [2.24, 2.45) is 0 Å². The maximum Gasteiger partial charge on any atom is 0.338 e. The number of cyclic esters (lactones) is 1. The molecule has 172 valence electrons. The number of nitriles is 1. The second kappa shape index (κ2) is 9.25. The summed E-state index contributed by atoms with van der Waals surface area (Å²) in [5.41, 5.74) is 3.80. The van der Waals surface area contributed by atoms with Gasteiger partial charge in [0.15, 0.2) is 0 Å². The van der Waals surface area contributed by atoms with E-state index in [-0.39, 0.29) is 31.4 Å². The third kappa shape index (κ3) is 4.58. The Kier molecular flexibility index (Phi) is 6.40. The number of carbonyl (C=O) groups excluding carboxylic acids is 2. The number of aliphatic hydroxyl groups excluding tert-OH is 1. The number of alkyl halides is 1. The highest BCUT2D eigenvalue weighted by Crippen LogP contribution is 2.30. The van der Waals surface area contributed by atoms with Gasteiger partial charge in [0.05, 0.1) is 29.0 Å². The third-order valence-corrected chi connectivity index (χ3v) is 6.38. The first-order valence-electron chi connectivity index (χ1n) is 10.8. The Morgan fingerprint density at radius 3 is 2.88 bits per heavy atom. The molecule has 1 aromatic carbocycles. The number of fused-ring (bicyclic) bond motifs is 1. The molecule has 1 amide bonds. The van der Waals surface area contributed by atoms with E-state index in [9.17, 15) is 19.1 Å². The Balaban J connectivity index is 1.35. The van der Waals surface area contributed by atoms with Crippen LogP contribution in [0.4, 0.5) is 4.39 Å². The molecule has 1 aromatic heterocycles. The molecule has 33 heavy (non-hydrogen) atoms. The minimum absolute atomic E-state index is 0.0768. The Hall–Kier alpha value is -3.35. The lowest BCUT2D eigenvalue weighted by Gasteiger charge is -2.36. The number of aliphatic hydroxyl groups is 1. The summed E-state index contributed by atoms with van der Waals surface area (Å²) in [6, 6.07) is 7.70. The molecule has 0 aliphatic carbocycles. The zero-order valence-corrected chi connectivity index (χ0v) is 18.5. The van der Waals surface area contributed by atoms with Crippen LogP contribution in [0.25, 0.3) is 0 Å². The lowest BCUT2D eigenvalue weighted by atomic mass is 9.94. The van der Waals surface area contributed by atoms with E-state index in [1.165, 1.54) is 12.1 Å². The van der Waals surface area contributed by atoms with Gasteiger partial charge in [-0.15, -0.1) is 0 Å². The average molecular weight is 452 g/mol. The van der Waals surface area contributed by atoms with Crippen molar-refractivity contribution in [1.29, 1.82) is 5.26 Å². The maximum atomic E-state index is 14.9. The molecule has 8 nitrogen and oxygen atoms in total. The fourth-order valence-corrected chi connectivity index (χ4v) is 4.42. The lowest BCUT2D eigenvalue weighted by Crippen LogP contribution is -2.53. The molecule has 0 radical (unpaired) electrons. The molecule has 2 N–H and O–H groups in total. The quantitative estimate of drug-likeness (QED) is 0.668. The van der Waals surface area contributed by atoms with Crippen LogP contribution >= 0.6 is 0 Å². The van der Waals surface area contributed by atoms with Gasteiger partial charge in [-0.25, -0.2) is 14.2 Å². The highest BCUT2D eigenvalue weighted by atomic mass is 19.1. The number of pyridine rings is 1. The molecule has 0 saturated carbocycles. The van der Waals surface area contributed by atoms with Gasteiger partial charge in [0.2, 0.25) is 0 Å². The molecule has 0 unspecified atom stereocenters. The van der Waals surface area contributed by atoms with Gasteiger partial charge in [-0.1, -0.05) is 6.07 Å². The molecule has 0 spiro atoms. The number of β-amino-alcohol motifs (C(OH)–C–C–N with tert-alkyl or cyclic N) is 1. The monoisotopic (exact) mass is 452 g/mol. The van der Waals surface area contributed by atoms with Gasteiger partial charge < -0.3 is 15.2 Å². The second-order valence-electron chi connectivity index (χ2n) is 8.48. The number of likely N-dealkylation sites (tertiary alicyclic amines) is 1. The summed E-state index contributed by atoms with van der Waals surface area (Å²) in [7, 11) is 0. The molecule has 2 aliphatic rings. The van der Waals surface area contributed by atoms with Crippen LogP contribution in [0.1, 0.15) is 61.3 Å². The van der Waals surface area contributed by atoms with E-state index in [1.54, 1.807) is 19.1 Å². The molecule has 1 saturated heterocycles. The summed E-state index contributed by atoms with van der Waals surface area (Å²) in [5.74, 6) is -0.834. The van der Waals surface area contributed by atoms with Crippen molar-refractivity contribution in [2.75, 3.05) is 19.6 Å². The average Bonchev–Trinajstić information content (AvgIpc) is 3.17. The number of carbonyl (C=O) groups is 2. The highest BCUT2D eigenvalue weighted by Gasteiger charge is 2.32. The van der Waals surface area contributed by atoms with E-state index in [0.29, 0.717) is 35.3 Å². The molecular formula is C24H25FN4O4.